The Labute approximate surface area is 145 Å². The summed E-state index contributed by atoms with van der Waals surface area (Å²) in [5.74, 6) is 0.545. The number of rotatable bonds is 4. The summed E-state index contributed by atoms with van der Waals surface area (Å²) in [6, 6.07) is 0. The van der Waals surface area contributed by atoms with Crippen molar-refractivity contribution >= 4 is 18.3 Å². The average molecular weight is 347 g/mol. The van der Waals surface area contributed by atoms with Crippen molar-refractivity contribution in [3.63, 3.8) is 0 Å². The predicted molar refractivity (Wildman–Crippen MR) is 92.0 cm³/mol. The molecule has 0 aromatic heterocycles. The van der Waals surface area contributed by atoms with E-state index in [0.29, 0.717) is 18.1 Å². The lowest BCUT2D eigenvalue weighted by Gasteiger charge is -2.35. The van der Waals surface area contributed by atoms with E-state index >= 15 is 0 Å². The third-order valence-corrected chi connectivity index (χ3v) is 5.19. The van der Waals surface area contributed by atoms with Crippen LogP contribution in [0.25, 0.3) is 0 Å². The zero-order valence-electron chi connectivity index (χ0n) is 14.0. The normalized spacial score (nSPS) is 29.8. The van der Waals surface area contributed by atoms with Crippen LogP contribution in [-0.2, 0) is 14.3 Å². The molecule has 0 spiro atoms. The van der Waals surface area contributed by atoms with Gasteiger partial charge in [-0.15, -0.1) is 12.4 Å². The Morgan fingerprint density at radius 3 is 2.61 bits per heavy atom. The van der Waals surface area contributed by atoms with Crippen molar-refractivity contribution in [2.45, 2.75) is 57.2 Å². The second-order valence-electron chi connectivity index (χ2n) is 6.89. The van der Waals surface area contributed by atoms with Gasteiger partial charge in [-0.1, -0.05) is 0 Å². The molecule has 3 rings (SSSR count). The first-order valence-electron chi connectivity index (χ1n) is 9.05. The van der Waals surface area contributed by atoms with Crippen LogP contribution < -0.4 is 5.32 Å². The highest BCUT2D eigenvalue weighted by Gasteiger charge is 2.29. The molecule has 0 radical (unpaired) electrons. The topological polar surface area (TPSA) is 50.8 Å². The van der Waals surface area contributed by atoms with Crippen molar-refractivity contribution in [1.82, 2.24) is 10.2 Å². The van der Waals surface area contributed by atoms with Gasteiger partial charge in [0.15, 0.2) is 0 Å². The maximum absolute atomic E-state index is 12.5. The Morgan fingerprint density at radius 2 is 1.96 bits per heavy atom. The average Bonchev–Trinajstić information content (AvgIpc) is 2.61. The SMILES string of the molecule is Cl.O=C(C1CCCNC1)N1CCC(OCC2CCCCO2)CC1. The van der Waals surface area contributed by atoms with E-state index in [9.17, 15) is 4.79 Å². The number of amides is 1. The van der Waals surface area contributed by atoms with E-state index in [-0.39, 0.29) is 18.3 Å². The van der Waals surface area contributed by atoms with Crippen LogP contribution in [-0.4, -0.2) is 62.4 Å². The van der Waals surface area contributed by atoms with Gasteiger partial charge >= 0.3 is 0 Å². The first-order valence-corrected chi connectivity index (χ1v) is 9.05. The fraction of sp³-hybridized carbons (Fsp3) is 0.941. The van der Waals surface area contributed by atoms with Gasteiger partial charge in [0.2, 0.25) is 5.91 Å². The molecule has 3 aliphatic rings. The van der Waals surface area contributed by atoms with E-state index in [1.165, 1.54) is 12.8 Å². The van der Waals surface area contributed by atoms with Crippen LogP contribution in [0.5, 0.6) is 0 Å². The quantitative estimate of drug-likeness (QED) is 0.845. The molecular formula is C17H31ClN2O3. The van der Waals surface area contributed by atoms with Crippen LogP contribution in [0.1, 0.15) is 44.9 Å². The minimum absolute atomic E-state index is 0. The molecule has 2 atom stereocenters. The lowest BCUT2D eigenvalue weighted by molar-refractivity contribution is -0.139. The van der Waals surface area contributed by atoms with Crippen molar-refractivity contribution < 1.29 is 14.3 Å². The van der Waals surface area contributed by atoms with Crippen LogP contribution in [0.15, 0.2) is 0 Å². The molecular weight excluding hydrogens is 316 g/mol. The number of likely N-dealkylation sites (tertiary alicyclic amines) is 1. The summed E-state index contributed by atoms with van der Waals surface area (Å²) in [4.78, 5) is 14.5. The van der Waals surface area contributed by atoms with Gasteiger partial charge in [-0.25, -0.2) is 0 Å². The van der Waals surface area contributed by atoms with Crippen molar-refractivity contribution in [3.05, 3.63) is 0 Å². The minimum Gasteiger partial charge on any atom is -0.376 e. The lowest BCUT2D eigenvalue weighted by Crippen LogP contribution is -2.47. The Kier molecular flexibility index (Phi) is 8.10. The highest BCUT2D eigenvalue weighted by Crippen LogP contribution is 2.20. The van der Waals surface area contributed by atoms with E-state index in [0.717, 1.165) is 71.5 Å². The standard InChI is InChI=1S/C17H30N2O3.ClH/c20-17(14-4-3-8-18-12-14)19-9-6-15(7-10-19)22-13-16-5-1-2-11-21-16;/h14-16,18H,1-13H2;1H. The number of hydrogen-bond acceptors (Lipinski definition) is 4. The number of carbonyl (C=O) groups is 1. The fourth-order valence-corrected chi connectivity index (χ4v) is 3.75. The van der Waals surface area contributed by atoms with Gasteiger partial charge in [-0.2, -0.15) is 0 Å². The zero-order valence-corrected chi connectivity index (χ0v) is 14.8. The molecule has 0 aliphatic carbocycles. The summed E-state index contributed by atoms with van der Waals surface area (Å²) in [5, 5.41) is 3.33. The number of nitrogens with zero attached hydrogens (tertiary/aromatic N) is 1. The maximum Gasteiger partial charge on any atom is 0.226 e. The van der Waals surface area contributed by atoms with E-state index in [4.69, 9.17) is 9.47 Å². The third-order valence-electron chi connectivity index (χ3n) is 5.19. The van der Waals surface area contributed by atoms with Gasteiger partial charge in [0.25, 0.3) is 0 Å². The van der Waals surface area contributed by atoms with Crippen LogP contribution in [0, 0.1) is 5.92 Å². The van der Waals surface area contributed by atoms with Crippen LogP contribution in [0.3, 0.4) is 0 Å². The molecule has 0 aromatic rings. The number of hydrogen-bond donors (Lipinski definition) is 1. The molecule has 3 aliphatic heterocycles. The number of carbonyl (C=O) groups excluding carboxylic acids is 1. The Morgan fingerprint density at radius 1 is 1.13 bits per heavy atom. The van der Waals surface area contributed by atoms with Gasteiger partial charge < -0.3 is 19.7 Å². The smallest absolute Gasteiger partial charge is 0.226 e. The lowest BCUT2D eigenvalue weighted by atomic mass is 9.96. The summed E-state index contributed by atoms with van der Waals surface area (Å²) < 4.78 is 11.7. The number of ether oxygens (including phenoxy) is 2. The molecule has 6 heteroatoms. The Bertz CT molecular complexity index is 350. The van der Waals surface area contributed by atoms with Gasteiger partial charge in [-0.3, -0.25) is 4.79 Å². The van der Waals surface area contributed by atoms with Gasteiger partial charge in [-0.05, 0) is 51.5 Å². The highest BCUT2D eigenvalue weighted by atomic mass is 35.5. The molecule has 23 heavy (non-hydrogen) atoms. The van der Waals surface area contributed by atoms with Crippen LogP contribution in [0.2, 0.25) is 0 Å². The summed E-state index contributed by atoms with van der Waals surface area (Å²) in [5.41, 5.74) is 0. The Balaban J connectivity index is 0.00000192. The summed E-state index contributed by atoms with van der Waals surface area (Å²) in [6.07, 6.45) is 8.28. The molecule has 1 N–H and O–H groups in total. The van der Waals surface area contributed by atoms with Gasteiger partial charge in [0.1, 0.15) is 0 Å². The molecule has 3 fully saturated rings. The van der Waals surface area contributed by atoms with Crippen molar-refractivity contribution in [3.8, 4) is 0 Å². The second kappa shape index (κ2) is 9.82. The summed E-state index contributed by atoms with van der Waals surface area (Å²) >= 11 is 0. The van der Waals surface area contributed by atoms with E-state index in [2.05, 4.69) is 10.2 Å². The predicted octanol–water partition coefficient (Wildman–Crippen LogP) is 1.98. The number of halogens is 1. The number of nitrogens with one attached hydrogen (secondary N) is 1. The maximum atomic E-state index is 12.5. The first-order chi connectivity index (χ1) is 10.8. The first kappa shape index (κ1) is 19.0. The second-order valence-corrected chi connectivity index (χ2v) is 6.89. The van der Waals surface area contributed by atoms with Crippen molar-refractivity contribution in [1.29, 1.82) is 0 Å². The third kappa shape index (κ3) is 5.59. The van der Waals surface area contributed by atoms with Gasteiger partial charge in [0, 0.05) is 26.2 Å². The van der Waals surface area contributed by atoms with Crippen LogP contribution in [0.4, 0.5) is 0 Å². The Hall–Kier alpha value is -0.360. The monoisotopic (exact) mass is 346 g/mol. The van der Waals surface area contributed by atoms with Crippen molar-refractivity contribution in [2.24, 2.45) is 5.92 Å². The minimum atomic E-state index is 0. The van der Waals surface area contributed by atoms with E-state index in [1.807, 2.05) is 0 Å². The molecule has 1 amide bonds. The molecule has 3 heterocycles. The largest absolute Gasteiger partial charge is 0.376 e. The molecule has 134 valence electrons. The fourth-order valence-electron chi connectivity index (χ4n) is 3.75. The van der Waals surface area contributed by atoms with E-state index < -0.39 is 0 Å². The molecule has 2 unspecified atom stereocenters. The summed E-state index contributed by atoms with van der Waals surface area (Å²) in [6.45, 7) is 5.23. The summed E-state index contributed by atoms with van der Waals surface area (Å²) in [7, 11) is 0. The van der Waals surface area contributed by atoms with Crippen LogP contribution >= 0.6 is 12.4 Å². The molecule has 0 bridgehead atoms. The molecule has 0 aromatic carbocycles. The molecule has 3 saturated heterocycles. The highest BCUT2D eigenvalue weighted by molar-refractivity contribution is 5.85. The van der Waals surface area contributed by atoms with Crippen molar-refractivity contribution in [2.75, 3.05) is 39.4 Å². The number of piperidine rings is 2. The zero-order chi connectivity index (χ0) is 15.2. The molecule has 5 nitrogen and oxygen atoms in total. The molecule has 0 saturated carbocycles. The van der Waals surface area contributed by atoms with E-state index in [1.54, 1.807) is 0 Å². The van der Waals surface area contributed by atoms with Gasteiger partial charge in [0.05, 0.1) is 24.7 Å².